The van der Waals surface area contributed by atoms with E-state index in [-0.39, 0.29) is 5.56 Å². The summed E-state index contributed by atoms with van der Waals surface area (Å²) in [6.07, 6.45) is 1.71. The first-order chi connectivity index (χ1) is 14.1. The lowest BCUT2D eigenvalue weighted by atomic mass is 9.96. The lowest BCUT2D eigenvalue weighted by molar-refractivity contribution is 1.12. The third-order valence-electron chi connectivity index (χ3n) is 4.78. The SMILES string of the molecule is N#Cc1cccc(-c2nc3[nH]c(=O)ccc3cc2-c2cc(Cl)c3[nH]ncc3c2)c1. The molecule has 0 radical (unpaired) electrons. The van der Waals surface area contributed by atoms with Gasteiger partial charge in [0, 0.05) is 28.0 Å². The first-order valence-electron chi connectivity index (χ1n) is 8.80. The van der Waals surface area contributed by atoms with Gasteiger partial charge in [0.15, 0.2) is 0 Å². The van der Waals surface area contributed by atoms with Crippen molar-refractivity contribution < 1.29 is 0 Å². The lowest BCUT2D eigenvalue weighted by Gasteiger charge is -2.12. The van der Waals surface area contributed by atoms with Gasteiger partial charge in [-0.15, -0.1) is 0 Å². The Balaban J connectivity index is 1.85. The fourth-order valence-corrected chi connectivity index (χ4v) is 3.69. The number of benzene rings is 2. The Kier molecular flexibility index (Phi) is 3.90. The van der Waals surface area contributed by atoms with Crippen LogP contribution >= 0.6 is 11.6 Å². The second-order valence-electron chi connectivity index (χ2n) is 6.63. The summed E-state index contributed by atoms with van der Waals surface area (Å²) < 4.78 is 0. The normalized spacial score (nSPS) is 11.0. The van der Waals surface area contributed by atoms with Crippen LogP contribution in [0.15, 0.2) is 65.6 Å². The fraction of sp³-hybridized carbons (Fsp3) is 0. The van der Waals surface area contributed by atoms with E-state index in [0.717, 1.165) is 33.0 Å². The Bertz CT molecular complexity index is 1510. The van der Waals surface area contributed by atoms with Gasteiger partial charge in [0.2, 0.25) is 5.56 Å². The van der Waals surface area contributed by atoms with E-state index in [1.165, 1.54) is 6.07 Å². The molecule has 0 saturated heterocycles. The first kappa shape index (κ1) is 17.2. The Labute approximate surface area is 169 Å². The minimum Gasteiger partial charge on any atom is -0.307 e. The van der Waals surface area contributed by atoms with Gasteiger partial charge in [-0.3, -0.25) is 9.89 Å². The van der Waals surface area contributed by atoms with Gasteiger partial charge in [-0.25, -0.2) is 4.98 Å². The fourth-order valence-electron chi connectivity index (χ4n) is 3.43. The van der Waals surface area contributed by atoms with Gasteiger partial charge in [-0.1, -0.05) is 23.7 Å². The standard InChI is InChI=1S/C22H12ClN5O/c23-18-9-15(7-16-11-25-28-21(16)18)17-8-14-4-5-19(29)26-22(14)27-20(17)13-3-1-2-12(6-13)10-24/h1-9,11H,(H,25,28)(H,26,27,29). The van der Waals surface area contributed by atoms with E-state index < -0.39 is 0 Å². The summed E-state index contributed by atoms with van der Waals surface area (Å²) in [5.41, 5.74) is 4.67. The number of hydrogen-bond acceptors (Lipinski definition) is 4. The number of nitriles is 1. The van der Waals surface area contributed by atoms with E-state index in [1.54, 1.807) is 24.4 Å². The number of nitrogens with zero attached hydrogens (tertiary/aromatic N) is 3. The number of nitrogens with one attached hydrogen (secondary N) is 2. The molecule has 6 nitrogen and oxygen atoms in total. The molecular formula is C22H12ClN5O. The second kappa shape index (κ2) is 6.59. The van der Waals surface area contributed by atoms with Gasteiger partial charge in [0.1, 0.15) is 5.65 Å². The molecule has 2 N–H and O–H groups in total. The monoisotopic (exact) mass is 397 g/mol. The highest BCUT2D eigenvalue weighted by molar-refractivity contribution is 6.35. The number of aromatic nitrogens is 4. The van der Waals surface area contributed by atoms with Gasteiger partial charge in [0.05, 0.1) is 34.1 Å². The molecule has 0 aliphatic carbocycles. The van der Waals surface area contributed by atoms with Crippen LogP contribution in [0, 0.1) is 11.3 Å². The molecule has 29 heavy (non-hydrogen) atoms. The molecule has 0 atom stereocenters. The van der Waals surface area contributed by atoms with Crippen molar-refractivity contribution in [1.82, 2.24) is 20.2 Å². The number of halogens is 1. The number of pyridine rings is 2. The zero-order valence-corrected chi connectivity index (χ0v) is 15.7. The molecule has 0 saturated carbocycles. The highest BCUT2D eigenvalue weighted by Crippen LogP contribution is 2.36. The summed E-state index contributed by atoms with van der Waals surface area (Å²) >= 11 is 6.46. The molecule has 3 aromatic heterocycles. The second-order valence-corrected chi connectivity index (χ2v) is 7.04. The van der Waals surface area contributed by atoms with Gasteiger partial charge >= 0.3 is 0 Å². The average Bonchev–Trinajstić information content (AvgIpc) is 3.22. The molecule has 7 heteroatoms. The molecular weight excluding hydrogens is 386 g/mol. The summed E-state index contributed by atoms with van der Waals surface area (Å²) in [4.78, 5) is 19.3. The predicted molar refractivity (Wildman–Crippen MR) is 113 cm³/mol. The molecule has 0 bridgehead atoms. The van der Waals surface area contributed by atoms with Crippen LogP contribution in [0.5, 0.6) is 0 Å². The summed E-state index contributed by atoms with van der Waals surface area (Å²) in [7, 11) is 0. The maximum absolute atomic E-state index is 11.8. The molecule has 0 aliphatic heterocycles. The minimum absolute atomic E-state index is 0.225. The molecule has 0 fully saturated rings. The predicted octanol–water partition coefficient (Wildman–Crippen LogP) is 4.66. The Morgan fingerprint density at radius 1 is 1.00 bits per heavy atom. The number of fused-ring (bicyclic) bond motifs is 2. The van der Waals surface area contributed by atoms with Crippen molar-refractivity contribution in [2.75, 3.05) is 0 Å². The van der Waals surface area contributed by atoms with Crippen LogP contribution in [0.1, 0.15) is 5.56 Å². The van der Waals surface area contributed by atoms with Gasteiger partial charge in [-0.05, 0) is 42.0 Å². The number of aromatic amines is 2. The van der Waals surface area contributed by atoms with Crippen molar-refractivity contribution in [3.63, 3.8) is 0 Å². The van der Waals surface area contributed by atoms with Crippen LogP contribution in [-0.4, -0.2) is 20.2 Å². The Hall–Kier alpha value is -3.95. The maximum atomic E-state index is 11.8. The zero-order chi connectivity index (χ0) is 20.0. The van der Waals surface area contributed by atoms with Crippen LogP contribution in [0.25, 0.3) is 44.3 Å². The summed E-state index contributed by atoms with van der Waals surface area (Å²) in [5.74, 6) is 0. The molecule has 138 valence electrons. The minimum atomic E-state index is -0.225. The smallest absolute Gasteiger partial charge is 0.249 e. The average molecular weight is 398 g/mol. The van der Waals surface area contributed by atoms with Crippen LogP contribution < -0.4 is 5.56 Å². The van der Waals surface area contributed by atoms with Crippen molar-refractivity contribution in [2.45, 2.75) is 0 Å². The summed E-state index contributed by atoms with van der Waals surface area (Å²) in [5, 5.41) is 18.5. The number of hydrogen-bond donors (Lipinski definition) is 2. The van der Waals surface area contributed by atoms with Crippen LogP contribution in [0.3, 0.4) is 0 Å². The highest BCUT2D eigenvalue weighted by atomic mass is 35.5. The molecule has 0 amide bonds. The number of rotatable bonds is 2. The van der Waals surface area contributed by atoms with Crippen molar-refractivity contribution in [3.05, 3.63) is 81.7 Å². The zero-order valence-electron chi connectivity index (χ0n) is 14.9. The van der Waals surface area contributed by atoms with E-state index in [4.69, 9.17) is 16.6 Å². The maximum Gasteiger partial charge on any atom is 0.249 e. The van der Waals surface area contributed by atoms with Crippen LogP contribution in [0.4, 0.5) is 0 Å². The van der Waals surface area contributed by atoms with E-state index in [1.807, 2.05) is 30.3 Å². The quantitative estimate of drug-likeness (QED) is 0.452. The van der Waals surface area contributed by atoms with Crippen LogP contribution in [0.2, 0.25) is 5.02 Å². The summed E-state index contributed by atoms with van der Waals surface area (Å²) in [6, 6.07) is 18.4. The van der Waals surface area contributed by atoms with E-state index in [2.05, 4.69) is 21.3 Å². The van der Waals surface area contributed by atoms with Crippen LogP contribution in [-0.2, 0) is 0 Å². The Morgan fingerprint density at radius 2 is 1.90 bits per heavy atom. The van der Waals surface area contributed by atoms with Gasteiger partial charge in [0.25, 0.3) is 0 Å². The third-order valence-corrected chi connectivity index (χ3v) is 5.08. The third kappa shape index (κ3) is 2.94. The largest absolute Gasteiger partial charge is 0.307 e. The highest BCUT2D eigenvalue weighted by Gasteiger charge is 2.15. The number of H-pyrrole nitrogens is 2. The molecule has 5 rings (SSSR count). The molecule has 0 aliphatic rings. The van der Waals surface area contributed by atoms with Crippen molar-refractivity contribution in [1.29, 1.82) is 5.26 Å². The van der Waals surface area contributed by atoms with Crippen molar-refractivity contribution in [2.24, 2.45) is 0 Å². The Morgan fingerprint density at radius 3 is 2.76 bits per heavy atom. The van der Waals surface area contributed by atoms with E-state index >= 15 is 0 Å². The summed E-state index contributed by atoms with van der Waals surface area (Å²) in [6.45, 7) is 0. The molecule has 5 aromatic rings. The van der Waals surface area contributed by atoms with Crippen molar-refractivity contribution in [3.8, 4) is 28.5 Å². The van der Waals surface area contributed by atoms with E-state index in [9.17, 15) is 10.1 Å². The van der Waals surface area contributed by atoms with E-state index in [0.29, 0.717) is 21.9 Å². The van der Waals surface area contributed by atoms with Crippen molar-refractivity contribution >= 4 is 33.5 Å². The molecule has 2 aromatic carbocycles. The topological polar surface area (TPSA) is 98.2 Å². The molecule has 0 unspecified atom stereocenters. The first-order valence-corrected chi connectivity index (χ1v) is 9.18. The molecule has 3 heterocycles. The molecule has 0 spiro atoms. The lowest BCUT2D eigenvalue weighted by Crippen LogP contribution is -2.04. The van der Waals surface area contributed by atoms with Gasteiger partial charge < -0.3 is 4.98 Å². The van der Waals surface area contributed by atoms with Gasteiger partial charge in [-0.2, -0.15) is 10.4 Å².